The number of amides is 1. The first-order valence-electron chi connectivity index (χ1n) is 6.69. The molecule has 0 unspecified atom stereocenters. The zero-order valence-corrected chi connectivity index (χ0v) is 12.0. The molecule has 0 aliphatic rings. The number of anilines is 1. The predicted octanol–water partition coefficient (Wildman–Crippen LogP) is 0.680. The molecule has 0 saturated carbocycles. The lowest BCUT2D eigenvalue weighted by atomic mass is 10.2. The molecule has 2 aromatic rings. The van der Waals surface area contributed by atoms with Gasteiger partial charge in [0.1, 0.15) is 5.82 Å². The van der Waals surface area contributed by atoms with Gasteiger partial charge in [-0.25, -0.2) is 9.97 Å². The maximum atomic E-state index is 11.7. The Labute approximate surface area is 123 Å². The van der Waals surface area contributed by atoms with Gasteiger partial charge in [-0.1, -0.05) is 0 Å². The second-order valence-corrected chi connectivity index (χ2v) is 4.50. The zero-order valence-electron chi connectivity index (χ0n) is 12.0. The lowest BCUT2D eigenvalue weighted by Crippen LogP contribution is -2.27. The van der Waals surface area contributed by atoms with Gasteiger partial charge in [0.2, 0.25) is 5.91 Å². The van der Waals surface area contributed by atoms with Crippen LogP contribution in [0.15, 0.2) is 30.9 Å². The highest BCUT2D eigenvalue weighted by molar-refractivity contribution is 5.76. The van der Waals surface area contributed by atoms with Crippen molar-refractivity contribution in [1.82, 2.24) is 19.9 Å². The number of carbonyl (C=O) groups excluding carboxylic acids is 1. The lowest BCUT2D eigenvalue weighted by Gasteiger charge is -2.09. The summed E-state index contributed by atoms with van der Waals surface area (Å²) in [4.78, 5) is 19.9. The average molecular weight is 289 g/mol. The van der Waals surface area contributed by atoms with Crippen molar-refractivity contribution in [2.75, 3.05) is 26.0 Å². The number of aryl methyl sites for hydroxylation is 1. The number of hydrogen-bond donors (Lipinski definition) is 2. The Morgan fingerprint density at radius 3 is 3.14 bits per heavy atom. The van der Waals surface area contributed by atoms with Crippen molar-refractivity contribution in [3.63, 3.8) is 0 Å². The normalized spacial score (nSPS) is 10.5. The molecule has 0 saturated heterocycles. The minimum absolute atomic E-state index is 0.0224. The predicted molar refractivity (Wildman–Crippen MR) is 79.4 cm³/mol. The number of carbonyl (C=O) groups is 1. The van der Waals surface area contributed by atoms with Gasteiger partial charge in [0, 0.05) is 38.4 Å². The van der Waals surface area contributed by atoms with Gasteiger partial charge in [0.05, 0.1) is 24.8 Å². The SMILES string of the molecule is COCCNC(=O)CCn1cncc1-c1cccnc1N. The second-order valence-electron chi connectivity index (χ2n) is 4.50. The zero-order chi connectivity index (χ0) is 15.1. The number of pyridine rings is 1. The number of aromatic nitrogens is 3. The van der Waals surface area contributed by atoms with Gasteiger partial charge in [-0.2, -0.15) is 0 Å². The summed E-state index contributed by atoms with van der Waals surface area (Å²) in [6.45, 7) is 1.55. The summed E-state index contributed by atoms with van der Waals surface area (Å²) in [6, 6.07) is 3.70. The molecule has 0 spiro atoms. The Hall–Kier alpha value is -2.41. The molecule has 112 valence electrons. The number of hydrogen-bond acceptors (Lipinski definition) is 5. The molecule has 0 bridgehead atoms. The van der Waals surface area contributed by atoms with Crippen LogP contribution in [0.2, 0.25) is 0 Å². The Morgan fingerprint density at radius 2 is 2.38 bits per heavy atom. The van der Waals surface area contributed by atoms with Crippen LogP contribution in [0.4, 0.5) is 5.82 Å². The van der Waals surface area contributed by atoms with E-state index < -0.39 is 0 Å². The van der Waals surface area contributed by atoms with E-state index in [-0.39, 0.29) is 5.91 Å². The highest BCUT2D eigenvalue weighted by atomic mass is 16.5. The van der Waals surface area contributed by atoms with Crippen LogP contribution in [0, 0.1) is 0 Å². The number of ether oxygens (including phenoxy) is 1. The number of methoxy groups -OCH3 is 1. The fourth-order valence-electron chi connectivity index (χ4n) is 1.96. The molecule has 21 heavy (non-hydrogen) atoms. The van der Waals surface area contributed by atoms with E-state index in [0.717, 1.165) is 11.3 Å². The fourth-order valence-corrected chi connectivity index (χ4v) is 1.96. The van der Waals surface area contributed by atoms with E-state index in [2.05, 4.69) is 15.3 Å². The van der Waals surface area contributed by atoms with Crippen molar-refractivity contribution in [1.29, 1.82) is 0 Å². The van der Waals surface area contributed by atoms with Crippen molar-refractivity contribution in [2.45, 2.75) is 13.0 Å². The third-order valence-electron chi connectivity index (χ3n) is 3.03. The lowest BCUT2D eigenvalue weighted by molar-refractivity contribution is -0.121. The number of imidazole rings is 1. The quantitative estimate of drug-likeness (QED) is 0.731. The van der Waals surface area contributed by atoms with E-state index in [1.54, 1.807) is 25.8 Å². The van der Waals surface area contributed by atoms with Crippen LogP contribution in [0.3, 0.4) is 0 Å². The molecule has 0 aromatic carbocycles. The maximum Gasteiger partial charge on any atom is 0.221 e. The molecule has 3 N–H and O–H groups in total. The minimum atomic E-state index is -0.0224. The van der Waals surface area contributed by atoms with E-state index in [0.29, 0.717) is 31.9 Å². The molecule has 2 rings (SSSR count). The standard InChI is InChI=1S/C14H19N5O2/c1-21-8-6-17-13(20)4-7-19-10-16-9-12(19)11-3-2-5-18-14(11)15/h2-3,5,9-10H,4,6-8H2,1H3,(H2,15,18)(H,17,20). The summed E-state index contributed by atoms with van der Waals surface area (Å²) in [5.41, 5.74) is 7.54. The molecule has 7 heteroatoms. The topological polar surface area (TPSA) is 95.1 Å². The molecule has 0 aliphatic carbocycles. The summed E-state index contributed by atoms with van der Waals surface area (Å²) in [5, 5.41) is 2.78. The van der Waals surface area contributed by atoms with Gasteiger partial charge in [-0.15, -0.1) is 0 Å². The summed E-state index contributed by atoms with van der Waals surface area (Å²) >= 11 is 0. The van der Waals surface area contributed by atoms with Gasteiger partial charge in [-0.3, -0.25) is 4.79 Å². The number of nitrogens with one attached hydrogen (secondary N) is 1. The van der Waals surface area contributed by atoms with E-state index >= 15 is 0 Å². The summed E-state index contributed by atoms with van der Waals surface area (Å²) < 4.78 is 6.77. The van der Waals surface area contributed by atoms with E-state index in [4.69, 9.17) is 10.5 Å². The summed E-state index contributed by atoms with van der Waals surface area (Å²) in [7, 11) is 1.60. The second kappa shape index (κ2) is 7.39. The van der Waals surface area contributed by atoms with Crippen LogP contribution in [-0.2, 0) is 16.1 Å². The molecular formula is C14H19N5O2. The molecule has 0 atom stereocenters. The van der Waals surface area contributed by atoms with Crippen molar-refractivity contribution in [3.8, 4) is 11.3 Å². The molecule has 7 nitrogen and oxygen atoms in total. The third kappa shape index (κ3) is 4.03. The van der Waals surface area contributed by atoms with Crippen LogP contribution in [0.5, 0.6) is 0 Å². The van der Waals surface area contributed by atoms with Gasteiger partial charge in [0.25, 0.3) is 0 Å². The van der Waals surface area contributed by atoms with Crippen LogP contribution < -0.4 is 11.1 Å². The van der Waals surface area contributed by atoms with Crippen molar-refractivity contribution >= 4 is 11.7 Å². The fraction of sp³-hybridized carbons (Fsp3) is 0.357. The highest BCUT2D eigenvalue weighted by Gasteiger charge is 2.10. The number of rotatable bonds is 7. The maximum absolute atomic E-state index is 11.7. The van der Waals surface area contributed by atoms with E-state index in [1.807, 2.05) is 16.7 Å². The Balaban J connectivity index is 1.98. The molecule has 0 fully saturated rings. The van der Waals surface area contributed by atoms with Gasteiger partial charge >= 0.3 is 0 Å². The first kappa shape index (κ1) is 15.0. The Morgan fingerprint density at radius 1 is 1.52 bits per heavy atom. The van der Waals surface area contributed by atoms with E-state index in [1.165, 1.54) is 0 Å². The van der Waals surface area contributed by atoms with Crippen molar-refractivity contribution in [3.05, 3.63) is 30.9 Å². The first-order valence-corrected chi connectivity index (χ1v) is 6.69. The first-order chi connectivity index (χ1) is 10.2. The van der Waals surface area contributed by atoms with Crippen molar-refractivity contribution < 1.29 is 9.53 Å². The number of nitrogens with zero attached hydrogens (tertiary/aromatic N) is 3. The summed E-state index contributed by atoms with van der Waals surface area (Å²) in [5.74, 6) is 0.426. The van der Waals surface area contributed by atoms with Crippen LogP contribution in [-0.4, -0.2) is 40.7 Å². The van der Waals surface area contributed by atoms with Gasteiger partial charge in [-0.05, 0) is 12.1 Å². The van der Waals surface area contributed by atoms with Gasteiger partial charge < -0.3 is 20.4 Å². The highest BCUT2D eigenvalue weighted by Crippen LogP contribution is 2.23. The van der Waals surface area contributed by atoms with Crippen molar-refractivity contribution in [2.24, 2.45) is 0 Å². The Bertz CT molecular complexity index is 597. The van der Waals surface area contributed by atoms with Crippen LogP contribution >= 0.6 is 0 Å². The number of nitrogens with two attached hydrogens (primary N) is 1. The van der Waals surface area contributed by atoms with Gasteiger partial charge in [0.15, 0.2) is 0 Å². The Kier molecular flexibility index (Phi) is 5.28. The monoisotopic (exact) mass is 289 g/mol. The molecule has 0 aliphatic heterocycles. The van der Waals surface area contributed by atoms with E-state index in [9.17, 15) is 4.79 Å². The molecule has 2 heterocycles. The summed E-state index contributed by atoms with van der Waals surface area (Å²) in [6.07, 6.45) is 5.41. The minimum Gasteiger partial charge on any atom is -0.383 e. The molecule has 1 amide bonds. The molecule has 0 radical (unpaired) electrons. The largest absolute Gasteiger partial charge is 0.383 e. The molecular weight excluding hydrogens is 270 g/mol. The average Bonchev–Trinajstić information content (AvgIpc) is 2.94. The van der Waals surface area contributed by atoms with Crippen LogP contribution in [0.25, 0.3) is 11.3 Å². The number of nitrogen functional groups attached to an aromatic ring is 1. The third-order valence-corrected chi connectivity index (χ3v) is 3.03. The smallest absolute Gasteiger partial charge is 0.221 e. The van der Waals surface area contributed by atoms with Crippen LogP contribution in [0.1, 0.15) is 6.42 Å². The molecule has 2 aromatic heterocycles.